The summed E-state index contributed by atoms with van der Waals surface area (Å²) in [6.45, 7) is 10.9. The molecule has 0 amide bonds. The lowest BCUT2D eigenvalue weighted by Crippen LogP contribution is -2.30. The minimum absolute atomic E-state index is 0.127. The maximum Gasteiger partial charge on any atom is 0.133 e. The van der Waals surface area contributed by atoms with Gasteiger partial charge >= 0.3 is 0 Å². The Morgan fingerprint density at radius 1 is 0.921 bits per heavy atom. The van der Waals surface area contributed by atoms with E-state index in [0.717, 1.165) is 64.8 Å². The van der Waals surface area contributed by atoms with Crippen molar-refractivity contribution in [1.29, 1.82) is 0 Å². The summed E-state index contributed by atoms with van der Waals surface area (Å²) in [6.07, 6.45) is 4.85. The number of nitrogens with zero attached hydrogens (tertiary/aromatic N) is 4. The molecule has 0 radical (unpaired) electrons. The van der Waals surface area contributed by atoms with Crippen LogP contribution in [-0.4, -0.2) is 32.8 Å². The number of hydrogen-bond donors (Lipinski definition) is 0. The molecule has 2 aromatic heterocycles. The number of hydrogen-bond acceptors (Lipinski definition) is 5. The van der Waals surface area contributed by atoms with Crippen LogP contribution in [0.25, 0.3) is 22.5 Å². The molecule has 0 bridgehead atoms. The van der Waals surface area contributed by atoms with E-state index in [1.807, 2.05) is 11.7 Å². The molecule has 0 saturated carbocycles. The molecular formula is C31H34N4O3. The summed E-state index contributed by atoms with van der Waals surface area (Å²) >= 11 is 0. The lowest BCUT2D eigenvalue weighted by molar-refractivity contribution is -0.0285. The van der Waals surface area contributed by atoms with Gasteiger partial charge in [-0.05, 0) is 40.7 Å². The Morgan fingerprint density at radius 2 is 1.74 bits per heavy atom. The molecule has 196 valence electrons. The van der Waals surface area contributed by atoms with E-state index in [1.165, 1.54) is 16.7 Å². The Balaban J connectivity index is 1.31. The first kappa shape index (κ1) is 23.5. The molecule has 1 fully saturated rings. The van der Waals surface area contributed by atoms with Crippen molar-refractivity contribution in [2.24, 2.45) is 7.05 Å². The van der Waals surface area contributed by atoms with Gasteiger partial charge in [-0.3, -0.25) is 9.36 Å². The zero-order valence-electron chi connectivity index (χ0n) is 22.7. The van der Waals surface area contributed by atoms with Gasteiger partial charge in [-0.25, -0.2) is 0 Å². The summed E-state index contributed by atoms with van der Waals surface area (Å²) in [4.78, 5) is 0. The Bertz CT molecular complexity index is 1540. The van der Waals surface area contributed by atoms with Crippen molar-refractivity contribution < 1.29 is 14.2 Å². The fourth-order valence-electron chi connectivity index (χ4n) is 5.92. The fourth-order valence-corrected chi connectivity index (χ4v) is 5.92. The molecule has 0 N–H and O–H groups in total. The third-order valence-corrected chi connectivity index (χ3v) is 8.04. The highest BCUT2D eigenvalue weighted by atomic mass is 16.5. The number of rotatable bonds is 5. The first-order valence-corrected chi connectivity index (χ1v) is 13.7. The maximum atomic E-state index is 6.82. The van der Waals surface area contributed by atoms with Crippen LogP contribution in [0.4, 0.5) is 0 Å². The minimum Gasteiger partial charge on any atom is -0.488 e. The molecule has 4 aromatic rings. The highest BCUT2D eigenvalue weighted by Crippen LogP contribution is 2.48. The molecule has 1 atom stereocenters. The van der Waals surface area contributed by atoms with Crippen molar-refractivity contribution in [2.75, 3.05) is 13.2 Å². The normalized spacial score (nSPS) is 17.8. The standard InChI is InChI=1S/C31H34N4O3/c1-17(2)22-7-6-8-23-29-26(13-34(5)32-29)27(38-31(22)23)11-19-9-24(18(3)4)30-25(10-19)28-20(14-37-30)12-35(33-28)21-15-36-16-21/h6-10,12-13,17-18,21,27H,11,14-16H2,1-5H3. The van der Waals surface area contributed by atoms with E-state index in [1.54, 1.807) is 0 Å². The number of para-hydroxylation sites is 1. The van der Waals surface area contributed by atoms with Crippen molar-refractivity contribution in [2.45, 2.75) is 64.7 Å². The molecule has 0 spiro atoms. The van der Waals surface area contributed by atoms with Gasteiger partial charge in [0, 0.05) is 48.1 Å². The highest BCUT2D eigenvalue weighted by Gasteiger charge is 2.33. The predicted octanol–water partition coefficient (Wildman–Crippen LogP) is 6.34. The van der Waals surface area contributed by atoms with Gasteiger partial charge in [0.05, 0.1) is 19.3 Å². The van der Waals surface area contributed by atoms with Crippen LogP contribution >= 0.6 is 0 Å². The van der Waals surface area contributed by atoms with Gasteiger partial charge in [-0.2, -0.15) is 10.2 Å². The van der Waals surface area contributed by atoms with E-state index in [0.29, 0.717) is 24.5 Å². The lowest BCUT2D eigenvalue weighted by atomic mass is 9.88. The van der Waals surface area contributed by atoms with Crippen LogP contribution in [0.2, 0.25) is 0 Å². The smallest absolute Gasteiger partial charge is 0.133 e. The van der Waals surface area contributed by atoms with Crippen molar-refractivity contribution >= 4 is 0 Å². The molecule has 7 heteroatoms. The molecule has 1 unspecified atom stereocenters. The van der Waals surface area contributed by atoms with Crippen LogP contribution in [0.5, 0.6) is 11.5 Å². The molecule has 7 nitrogen and oxygen atoms in total. The fraction of sp³-hybridized carbons (Fsp3) is 0.419. The Kier molecular flexibility index (Phi) is 5.41. The first-order chi connectivity index (χ1) is 18.4. The second kappa shape index (κ2) is 8.73. The van der Waals surface area contributed by atoms with Gasteiger partial charge < -0.3 is 14.2 Å². The predicted molar refractivity (Wildman–Crippen MR) is 146 cm³/mol. The molecule has 3 aliphatic rings. The third-order valence-electron chi connectivity index (χ3n) is 8.04. The van der Waals surface area contributed by atoms with Crippen LogP contribution in [0.15, 0.2) is 42.7 Å². The van der Waals surface area contributed by atoms with Gasteiger partial charge in [0.25, 0.3) is 0 Å². The molecule has 5 heterocycles. The Morgan fingerprint density at radius 3 is 2.47 bits per heavy atom. The molecule has 2 aromatic carbocycles. The average molecular weight is 511 g/mol. The summed E-state index contributed by atoms with van der Waals surface area (Å²) in [7, 11) is 1.99. The number of benzene rings is 2. The van der Waals surface area contributed by atoms with E-state index in [-0.39, 0.29) is 6.10 Å². The second-order valence-corrected chi connectivity index (χ2v) is 11.5. The van der Waals surface area contributed by atoms with Gasteiger partial charge in [0.1, 0.15) is 35.6 Å². The van der Waals surface area contributed by atoms with Crippen LogP contribution < -0.4 is 9.47 Å². The quantitative estimate of drug-likeness (QED) is 0.314. The van der Waals surface area contributed by atoms with E-state index < -0.39 is 0 Å². The van der Waals surface area contributed by atoms with Gasteiger partial charge in [-0.1, -0.05) is 45.9 Å². The Labute approximate surface area is 223 Å². The van der Waals surface area contributed by atoms with Crippen LogP contribution in [-0.2, 0) is 24.8 Å². The van der Waals surface area contributed by atoms with Gasteiger partial charge in [-0.15, -0.1) is 0 Å². The third kappa shape index (κ3) is 3.67. The molecule has 38 heavy (non-hydrogen) atoms. The first-order valence-electron chi connectivity index (χ1n) is 13.7. The second-order valence-electron chi connectivity index (χ2n) is 11.5. The van der Waals surface area contributed by atoms with Crippen molar-refractivity contribution in [1.82, 2.24) is 19.6 Å². The summed E-state index contributed by atoms with van der Waals surface area (Å²) < 4.78 is 22.5. The monoisotopic (exact) mass is 510 g/mol. The number of ether oxygens (including phenoxy) is 3. The van der Waals surface area contributed by atoms with E-state index >= 15 is 0 Å². The maximum absolute atomic E-state index is 6.82. The summed E-state index contributed by atoms with van der Waals surface area (Å²) in [5, 5.41) is 9.87. The molecule has 3 aliphatic heterocycles. The number of aromatic nitrogens is 4. The minimum atomic E-state index is -0.127. The summed E-state index contributed by atoms with van der Waals surface area (Å²) in [5.41, 5.74) is 10.1. The van der Waals surface area contributed by atoms with E-state index in [9.17, 15) is 0 Å². The largest absolute Gasteiger partial charge is 0.488 e. The topological polar surface area (TPSA) is 63.3 Å². The SMILES string of the molecule is CC(C)c1cc(CC2Oc3c(cccc3C(C)C)-c3nn(C)cc32)cc2c1OCc1cn(C3COC3)nc1-2. The molecule has 0 aliphatic carbocycles. The van der Waals surface area contributed by atoms with E-state index in [4.69, 9.17) is 24.4 Å². The molecular weight excluding hydrogens is 476 g/mol. The summed E-state index contributed by atoms with van der Waals surface area (Å²) in [5.74, 6) is 2.61. The van der Waals surface area contributed by atoms with E-state index in [2.05, 4.69) is 75.1 Å². The average Bonchev–Trinajstić information content (AvgIpc) is 3.45. The van der Waals surface area contributed by atoms with Crippen LogP contribution in [0.3, 0.4) is 0 Å². The number of aryl methyl sites for hydroxylation is 1. The van der Waals surface area contributed by atoms with Gasteiger partial charge in [0.15, 0.2) is 0 Å². The molecule has 1 saturated heterocycles. The zero-order valence-corrected chi connectivity index (χ0v) is 22.7. The Hall–Kier alpha value is -3.58. The molecule has 7 rings (SSSR count). The lowest BCUT2D eigenvalue weighted by Gasteiger charge is -2.29. The number of fused-ring (bicyclic) bond motifs is 6. The van der Waals surface area contributed by atoms with Gasteiger partial charge in [0.2, 0.25) is 0 Å². The van der Waals surface area contributed by atoms with Crippen molar-refractivity contribution in [3.63, 3.8) is 0 Å². The van der Waals surface area contributed by atoms with Crippen molar-refractivity contribution in [3.05, 3.63) is 70.5 Å². The zero-order chi connectivity index (χ0) is 26.1. The summed E-state index contributed by atoms with van der Waals surface area (Å²) in [6, 6.07) is 11.3. The highest BCUT2D eigenvalue weighted by molar-refractivity contribution is 5.76. The van der Waals surface area contributed by atoms with Crippen LogP contribution in [0, 0.1) is 0 Å². The van der Waals surface area contributed by atoms with Crippen molar-refractivity contribution in [3.8, 4) is 34.0 Å². The van der Waals surface area contributed by atoms with Crippen LogP contribution in [0.1, 0.15) is 79.5 Å².